The van der Waals surface area contributed by atoms with Crippen molar-refractivity contribution in [3.05, 3.63) is 0 Å². The molecule has 2 heterocycles. The third-order valence-electron chi connectivity index (χ3n) is 4.40. The van der Waals surface area contributed by atoms with Crippen molar-refractivity contribution in [1.29, 1.82) is 0 Å². The fourth-order valence-electron chi connectivity index (χ4n) is 3.17. The van der Waals surface area contributed by atoms with Crippen LogP contribution in [0.4, 0.5) is 0 Å². The van der Waals surface area contributed by atoms with Crippen LogP contribution >= 0.6 is 0 Å². The van der Waals surface area contributed by atoms with Crippen molar-refractivity contribution in [2.75, 3.05) is 19.6 Å². The van der Waals surface area contributed by atoms with E-state index in [1.54, 1.807) is 6.92 Å². The van der Waals surface area contributed by atoms with Gasteiger partial charge in [-0.15, -0.1) is 0 Å². The Morgan fingerprint density at radius 2 is 1.78 bits per heavy atom. The molecule has 2 saturated heterocycles. The summed E-state index contributed by atoms with van der Waals surface area (Å²) in [4.78, 5) is 27.5. The number of aliphatic carboxylic acids is 1. The van der Waals surface area contributed by atoms with Crippen molar-refractivity contribution >= 4 is 11.9 Å². The summed E-state index contributed by atoms with van der Waals surface area (Å²) in [5.41, 5.74) is -0.880. The molecule has 0 bridgehead atoms. The van der Waals surface area contributed by atoms with E-state index >= 15 is 0 Å². The molecular formula is C13H22N2O3. The van der Waals surface area contributed by atoms with Crippen molar-refractivity contribution in [1.82, 2.24) is 9.80 Å². The first-order valence-electron chi connectivity index (χ1n) is 6.76. The van der Waals surface area contributed by atoms with Crippen molar-refractivity contribution in [2.24, 2.45) is 0 Å². The normalized spacial score (nSPS) is 30.7. The fraction of sp³-hybridized carbons (Fsp3) is 0.846. The van der Waals surface area contributed by atoms with E-state index in [2.05, 4.69) is 0 Å². The molecule has 2 atom stereocenters. The van der Waals surface area contributed by atoms with Crippen LogP contribution in [-0.2, 0) is 9.59 Å². The standard InChI is InChI=1S/C13H22N2O3/c1-10(11(16)14-7-3-4-8-14)15-9-5-6-13(15,2)12(17)18/h10H,3-9H2,1-2H3,(H,17,18). The Kier molecular flexibility index (Phi) is 3.61. The maximum Gasteiger partial charge on any atom is 0.323 e. The van der Waals surface area contributed by atoms with Crippen molar-refractivity contribution in [2.45, 2.75) is 51.1 Å². The van der Waals surface area contributed by atoms with Crippen molar-refractivity contribution in [3.63, 3.8) is 0 Å². The van der Waals surface area contributed by atoms with E-state index in [1.165, 1.54) is 0 Å². The molecule has 5 heteroatoms. The van der Waals surface area contributed by atoms with Crippen LogP contribution < -0.4 is 0 Å². The second-order valence-electron chi connectivity index (χ2n) is 5.58. The molecule has 2 unspecified atom stereocenters. The summed E-state index contributed by atoms with van der Waals surface area (Å²) in [5, 5.41) is 9.37. The summed E-state index contributed by atoms with van der Waals surface area (Å²) in [5.74, 6) is -0.733. The first-order chi connectivity index (χ1) is 8.47. The molecule has 0 aromatic carbocycles. The lowest BCUT2D eigenvalue weighted by molar-refractivity contribution is -0.152. The Bertz CT molecular complexity index is 352. The smallest absolute Gasteiger partial charge is 0.323 e. The van der Waals surface area contributed by atoms with Gasteiger partial charge in [0, 0.05) is 19.6 Å². The summed E-state index contributed by atoms with van der Waals surface area (Å²) in [6, 6.07) is -0.327. The third kappa shape index (κ3) is 2.11. The first kappa shape index (κ1) is 13.3. The molecule has 0 aromatic heterocycles. The van der Waals surface area contributed by atoms with Crippen molar-refractivity contribution in [3.8, 4) is 0 Å². The van der Waals surface area contributed by atoms with Gasteiger partial charge in [-0.1, -0.05) is 0 Å². The van der Waals surface area contributed by atoms with Crippen LogP contribution in [0.15, 0.2) is 0 Å². The van der Waals surface area contributed by atoms with Crippen LogP contribution in [-0.4, -0.2) is 58.0 Å². The summed E-state index contributed by atoms with van der Waals surface area (Å²) in [7, 11) is 0. The van der Waals surface area contributed by atoms with Crippen LogP contribution in [0.5, 0.6) is 0 Å². The number of amides is 1. The van der Waals surface area contributed by atoms with Crippen LogP contribution in [0.25, 0.3) is 0 Å². The third-order valence-corrected chi connectivity index (χ3v) is 4.40. The molecule has 102 valence electrons. The second-order valence-corrected chi connectivity index (χ2v) is 5.58. The summed E-state index contributed by atoms with van der Waals surface area (Å²) in [6.07, 6.45) is 3.60. The minimum atomic E-state index is -0.880. The molecule has 2 rings (SSSR count). The predicted molar refractivity (Wildman–Crippen MR) is 67.3 cm³/mol. The molecule has 0 spiro atoms. The molecule has 5 nitrogen and oxygen atoms in total. The first-order valence-corrected chi connectivity index (χ1v) is 6.76. The maximum absolute atomic E-state index is 12.3. The molecule has 18 heavy (non-hydrogen) atoms. The quantitative estimate of drug-likeness (QED) is 0.814. The van der Waals surface area contributed by atoms with E-state index in [-0.39, 0.29) is 11.9 Å². The average Bonchev–Trinajstić information content (AvgIpc) is 2.96. The van der Waals surface area contributed by atoms with Crippen LogP contribution in [0.3, 0.4) is 0 Å². The number of rotatable bonds is 3. The molecule has 0 saturated carbocycles. The van der Waals surface area contributed by atoms with Crippen LogP contribution in [0.2, 0.25) is 0 Å². The van der Waals surface area contributed by atoms with Gasteiger partial charge in [0.2, 0.25) is 5.91 Å². The van der Waals surface area contributed by atoms with E-state index in [0.29, 0.717) is 13.0 Å². The highest BCUT2D eigenvalue weighted by molar-refractivity contribution is 5.84. The van der Waals surface area contributed by atoms with Gasteiger partial charge in [-0.25, -0.2) is 0 Å². The van der Waals surface area contributed by atoms with Gasteiger partial charge >= 0.3 is 5.97 Å². The van der Waals surface area contributed by atoms with Gasteiger partial charge in [0.05, 0.1) is 6.04 Å². The minimum absolute atomic E-state index is 0.0851. The van der Waals surface area contributed by atoms with Gasteiger partial charge in [-0.2, -0.15) is 0 Å². The topological polar surface area (TPSA) is 60.9 Å². The second kappa shape index (κ2) is 4.88. The number of carbonyl (C=O) groups is 2. The fourth-order valence-corrected chi connectivity index (χ4v) is 3.17. The Morgan fingerprint density at radius 1 is 1.17 bits per heavy atom. The van der Waals surface area contributed by atoms with Gasteiger partial charge in [-0.3, -0.25) is 14.5 Å². The summed E-state index contributed by atoms with van der Waals surface area (Å²) in [6.45, 7) is 5.91. The van der Waals surface area contributed by atoms with Crippen LogP contribution in [0, 0.1) is 0 Å². The average molecular weight is 254 g/mol. The van der Waals surface area contributed by atoms with Gasteiger partial charge in [0.1, 0.15) is 5.54 Å². The number of nitrogens with zero attached hydrogens (tertiary/aromatic N) is 2. The highest BCUT2D eigenvalue weighted by atomic mass is 16.4. The van der Waals surface area contributed by atoms with Gasteiger partial charge in [0.25, 0.3) is 0 Å². The molecule has 0 aromatic rings. The summed E-state index contributed by atoms with van der Waals surface area (Å²) >= 11 is 0. The summed E-state index contributed by atoms with van der Waals surface area (Å²) < 4.78 is 0. The number of carbonyl (C=O) groups excluding carboxylic acids is 1. The molecule has 0 radical (unpaired) electrons. The van der Waals surface area contributed by atoms with E-state index in [0.717, 1.165) is 32.4 Å². The lowest BCUT2D eigenvalue weighted by atomic mass is 9.98. The number of carboxylic acid groups (broad SMARTS) is 1. The minimum Gasteiger partial charge on any atom is -0.480 e. The molecule has 2 aliphatic heterocycles. The lowest BCUT2D eigenvalue weighted by Gasteiger charge is -2.36. The van der Waals surface area contributed by atoms with E-state index in [4.69, 9.17) is 0 Å². The Labute approximate surface area is 108 Å². The molecule has 2 fully saturated rings. The van der Waals surface area contributed by atoms with Crippen molar-refractivity contribution < 1.29 is 14.7 Å². The molecular weight excluding hydrogens is 232 g/mol. The zero-order chi connectivity index (χ0) is 13.3. The lowest BCUT2D eigenvalue weighted by Crippen LogP contribution is -2.56. The van der Waals surface area contributed by atoms with Gasteiger partial charge < -0.3 is 10.0 Å². The SMILES string of the molecule is CC(C(=O)N1CCCC1)N1CCCC1(C)C(=O)O. The van der Waals surface area contributed by atoms with E-state index < -0.39 is 11.5 Å². The molecule has 2 aliphatic rings. The number of likely N-dealkylation sites (tertiary alicyclic amines) is 2. The highest BCUT2D eigenvalue weighted by Crippen LogP contribution is 2.32. The number of carboxylic acids is 1. The highest BCUT2D eigenvalue weighted by Gasteiger charge is 2.47. The van der Waals surface area contributed by atoms with E-state index in [1.807, 2.05) is 16.7 Å². The Hall–Kier alpha value is -1.10. The predicted octanol–water partition coefficient (Wildman–Crippen LogP) is 0.936. The van der Waals surface area contributed by atoms with E-state index in [9.17, 15) is 14.7 Å². The maximum atomic E-state index is 12.3. The molecule has 1 N–H and O–H groups in total. The zero-order valence-electron chi connectivity index (χ0n) is 11.2. The van der Waals surface area contributed by atoms with Gasteiger partial charge in [0.15, 0.2) is 0 Å². The van der Waals surface area contributed by atoms with Crippen LogP contribution in [0.1, 0.15) is 39.5 Å². The largest absolute Gasteiger partial charge is 0.480 e. The Morgan fingerprint density at radius 3 is 2.33 bits per heavy atom. The zero-order valence-corrected chi connectivity index (χ0v) is 11.2. The monoisotopic (exact) mass is 254 g/mol. The number of hydrogen-bond acceptors (Lipinski definition) is 3. The van der Waals surface area contributed by atoms with Gasteiger partial charge in [-0.05, 0) is 39.5 Å². The molecule has 1 amide bonds. The number of hydrogen-bond donors (Lipinski definition) is 1. The Balaban J connectivity index is 2.10. The molecule has 0 aliphatic carbocycles.